The highest BCUT2D eigenvalue weighted by Crippen LogP contribution is 2.33. The summed E-state index contributed by atoms with van der Waals surface area (Å²) < 4.78 is 26.7. The maximum Gasteiger partial charge on any atom is 0.219 e. The summed E-state index contributed by atoms with van der Waals surface area (Å²) in [5.74, 6) is 0.450. The zero-order valence-electron chi connectivity index (χ0n) is 17.8. The van der Waals surface area contributed by atoms with Crippen molar-refractivity contribution in [2.24, 2.45) is 0 Å². The number of nitrogens with one attached hydrogen (secondary N) is 1. The lowest BCUT2D eigenvalue weighted by molar-refractivity contribution is 0.603. The van der Waals surface area contributed by atoms with Crippen LogP contribution in [0.4, 0.5) is 5.69 Å². The number of benzene rings is 3. The minimum Gasteiger partial charge on any atom is -0.348 e. The number of thioether (sulfide) groups is 1. The number of halogens is 1. The molecule has 4 nitrogen and oxygen atoms in total. The Kier molecular flexibility index (Phi) is 8.03. The van der Waals surface area contributed by atoms with Crippen LogP contribution in [-0.2, 0) is 22.0 Å². The van der Waals surface area contributed by atoms with Gasteiger partial charge in [-0.3, -0.25) is 0 Å². The van der Waals surface area contributed by atoms with E-state index in [0.29, 0.717) is 15.8 Å². The number of rotatable bonds is 8. The number of hydrogen-bond donors (Lipinski definition) is 1. The van der Waals surface area contributed by atoms with E-state index in [1.807, 2.05) is 56.3 Å². The van der Waals surface area contributed by atoms with Crippen LogP contribution in [0.2, 0.25) is 5.02 Å². The van der Waals surface area contributed by atoms with E-state index in [-0.39, 0.29) is 9.80 Å². The molecule has 0 atom stereocenters. The molecule has 3 aromatic carbocycles. The first-order valence-corrected chi connectivity index (χ1v) is 12.9. The zero-order chi connectivity index (χ0) is 23.1. The minimum absolute atomic E-state index is 0.0831. The van der Waals surface area contributed by atoms with E-state index in [1.54, 1.807) is 24.3 Å². The van der Waals surface area contributed by atoms with Crippen molar-refractivity contribution in [3.63, 3.8) is 0 Å². The Balaban J connectivity index is 2.11. The van der Waals surface area contributed by atoms with Crippen LogP contribution in [0.1, 0.15) is 23.6 Å². The Morgan fingerprint density at radius 1 is 1.06 bits per heavy atom. The maximum atomic E-state index is 13.3. The number of allylic oxidation sites excluding steroid dienone is 1. The van der Waals surface area contributed by atoms with Gasteiger partial charge in [-0.15, -0.1) is 11.8 Å². The summed E-state index contributed by atoms with van der Waals surface area (Å²) in [5, 5.41) is 14.1. The van der Waals surface area contributed by atoms with Gasteiger partial charge in [0.05, 0.1) is 4.90 Å². The van der Waals surface area contributed by atoms with E-state index in [0.717, 1.165) is 28.8 Å². The number of sulfone groups is 1. The summed E-state index contributed by atoms with van der Waals surface area (Å²) in [6, 6.07) is 23.3. The van der Waals surface area contributed by atoms with Crippen LogP contribution in [0.25, 0.3) is 0 Å². The van der Waals surface area contributed by atoms with Crippen molar-refractivity contribution < 1.29 is 8.42 Å². The SMILES string of the molecule is CCc1cccc(C)c1NC(SCc1cccc(Cl)c1)=C(C#N)S(=O)(=O)c1ccccc1. The van der Waals surface area contributed by atoms with Gasteiger partial charge in [-0.2, -0.15) is 5.26 Å². The molecular weight excluding hydrogens is 460 g/mol. The third-order valence-corrected chi connectivity index (χ3v) is 8.04. The van der Waals surface area contributed by atoms with E-state index in [4.69, 9.17) is 11.6 Å². The number of hydrogen-bond acceptors (Lipinski definition) is 5. The maximum absolute atomic E-state index is 13.3. The third kappa shape index (κ3) is 5.55. The van der Waals surface area contributed by atoms with Gasteiger partial charge in [0.15, 0.2) is 4.91 Å². The molecule has 0 amide bonds. The summed E-state index contributed by atoms with van der Waals surface area (Å²) in [4.78, 5) is -0.222. The van der Waals surface area contributed by atoms with E-state index in [1.165, 1.54) is 23.9 Å². The number of para-hydroxylation sites is 1. The minimum atomic E-state index is -4.01. The molecule has 0 saturated heterocycles. The molecule has 0 aromatic heterocycles. The van der Waals surface area contributed by atoms with Gasteiger partial charge in [0.25, 0.3) is 0 Å². The summed E-state index contributed by atoms with van der Waals surface area (Å²) in [7, 11) is -4.01. The standard InChI is InChI=1S/C25H23ClN2O2S2/c1-3-20-11-7-9-18(2)24(20)28-25(31-17-19-10-8-12-21(26)15-19)23(16-27)32(29,30)22-13-5-4-6-14-22/h4-15,28H,3,17H2,1-2H3. The van der Waals surface area contributed by atoms with Gasteiger partial charge in [-0.1, -0.05) is 67.1 Å². The molecule has 0 aliphatic rings. The normalized spacial score (nSPS) is 12.1. The molecule has 0 aliphatic heterocycles. The second kappa shape index (κ2) is 10.7. The Bertz CT molecular complexity index is 1280. The van der Waals surface area contributed by atoms with Gasteiger partial charge in [-0.25, -0.2) is 8.42 Å². The molecule has 3 rings (SSSR count). The van der Waals surface area contributed by atoms with E-state index in [2.05, 4.69) is 5.32 Å². The van der Waals surface area contributed by atoms with Crippen molar-refractivity contribution in [1.29, 1.82) is 5.26 Å². The predicted octanol–water partition coefficient (Wildman–Crippen LogP) is 6.72. The fraction of sp³-hybridized carbons (Fsp3) is 0.160. The lowest BCUT2D eigenvalue weighted by atomic mass is 10.1. The molecule has 0 heterocycles. The van der Waals surface area contributed by atoms with Crippen LogP contribution in [0.15, 0.2) is 87.6 Å². The molecule has 1 N–H and O–H groups in total. The van der Waals surface area contributed by atoms with Crippen molar-refractivity contribution in [1.82, 2.24) is 0 Å². The zero-order valence-corrected chi connectivity index (χ0v) is 20.2. The highest BCUT2D eigenvalue weighted by Gasteiger charge is 2.26. The van der Waals surface area contributed by atoms with Crippen molar-refractivity contribution in [2.45, 2.75) is 30.9 Å². The molecule has 0 saturated carbocycles. The predicted molar refractivity (Wildman–Crippen MR) is 133 cm³/mol. The highest BCUT2D eigenvalue weighted by atomic mass is 35.5. The third-order valence-electron chi connectivity index (χ3n) is 4.88. The molecule has 0 radical (unpaired) electrons. The van der Waals surface area contributed by atoms with Crippen molar-refractivity contribution in [3.8, 4) is 6.07 Å². The van der Waals surface area contributed by atoms with Crippen LogP contribution < -0.4 is 5.32 Å². The molecule has 0 unspecified atom stereocenters. The Hall–Kier alpha value is -2.72. The van der Waals surface area contributed by atoms with Crippen LogP contribution in [0.5, 0.6) is 0 Å². The topological polar surface area (TPSA) is 70.0 Å². The fourth-order valence-corrected chi connectivity index (χ4v) is 5.93. The van der Waals surface area contributed by atoms with Crippen molar-refractivity contribution >= 4 is 38.9 Å². The second-order valence-corrected chi connectivity index (χ2v) is 10.4. The Morgan fingerprint density at radius 2 is 1.78 bits per heavy atom. The van der Waals surface area contributed by atoms with Crippen molar-refractivity contribution in [3.05, 3.63) is 104 Å². The summed E-state index contributed by atoms with van der Waals surface area (Å²) in [6.07, 6.45) is 0.767. The monoisotopic (exact) mass is 482 g/mol. The second-order valence-electron chi connectivity index (χ2n) is 7.09. The average molecular weight is 483 g/mol. The fourth-order valence-electron chi connectivity index (χ4n) is 3.21. The highest BCUT2D eigenvalue weighted by molar-refractivity contribution is 8.04. The van der Waals surface area contributed by atoms with Crippen LogP contribution in [-0.4, -0.2) is 8.42 Å². The molecule has 0 bridgehead atoms. The number of nitriles is 1. The van der Waals surface area contributed by atoms with E-state index >= 15 is 0 Å². The molecule has 32 heavy (non-hydrogen) atoms. The van der Waals surface area contributed by atoms with Gasteiger partial charge >= 0.3 is 0 Å². The molecule has 0 spiro atoms. The van der Waals surface area contributed by atoms with Gasteiger partial charge in [0, 0.05) is 16.5 Å². The molecular formula is C25H23ClN2O2S2. The largest absolute Gasteiger partial charge is 0.348 e. The van der Waals surface area contributed by atoms with Gasteiger partial charge < -0.3 is 5.32 Å². The van der Waals surface area contributed by atoms with Gasteiger partial charge in [0.1, 0.15) is 11.1 Å². The average Bonchev–Trinajstić information content (AvgIpc) is 2.79. The lowest BCUT2D eigenvalue weighted by Crippen LogP contribution is -2.11. The van der Waals surface area contributed by atoms with E-state index in [9.17, 15) is 13.7 Å². The number of anilines is 1. The molecule has 164 valence electrons. The quantitative estimate of drug-likeness (QED) is 0.361. The van der Waals surface area contributed by atoms with E-state index < -0.39 is 9.84 Å². The summed E-state index contributed by atoms with van der Waals surface area (Å²) in [6.45, 7) is 3.99. The Morgan fingerprint density at radius 3 is 2.44 bits per heavy atom. The van der Waals surface area contributed by atoms with Crippen LogP contribution in [0.3, 0.4) is 0 Å². The van der Waals surface area contributed by atoms with Gasteiger partial charge in [-0.05, 0) is 54.3 Å². The number of nitrogens with zero attached hydrogens (tertiary/aromatic N) is 1. The Labute approximate surface area is 198 Å². The molecule has 3 aromatic rings. The molecule has 7 heteroatoms. The van der Waals surface area contributed by atoms with Crippen LogP contribution in [0, 0.1) is 18.3 Å². The number of aryl methyl sites for hydroxylation is 2. The summed E-state index contributed by atoms with van der Waals surface area (Å²) >= 11 is 7.38. The first-order valence-electron chi connectivity index (χ1n) is 10.0. The summed E-state index contributed by atoms with van der Waals surface area (Å²) in [5.41, 5.74) is 3.76. The lowest BCUT2D eigenvalue weighted by Gasteiger charge is -2.18. The molecule has 0 aliphatic carbocycles. The first-order chi connectivity index (χ1) is 15.4. The first kappa shape index (κ1) is 23.9. The molecule has 0 fully saturated rings. The van der Waals surface area contributed by atoms with Crippen molar-refractivity contribution in [2.75, 3.05) is 5.32 Å². The van der Waals surface area contributed by atoms with Gasteiger partial charge in [0.2, 0.25) is 9.84 Å². The smallest absolute Gasteiger partial charge is 0.219 e. The van der Waals surface area contributed by atoms with Crippen LogP contribution >= 0.6 is 23.4 Å².